The summed E-state index contributed by atoms with van der Waals surface area (Å²) >= 11 is 4.53. The van der Waals surface area contributed by atoms with Crippen LogP contribution in [0.15, 0.2) is 56.1 Å². The van der Waals surface area contributed by atoms with Crippen LogP contribution in [-0.4, -0.2) is 21.0 Å². The van der Waals surface area contributed by atoms with E-state index in [4.69, 9.17) is 4.42 Å². The van der Waals surface area contributed by atoms with Crippen LogP contribution in [0.5, 0.6) is 0 Å². The highest BCUT2D eigenvalue weighted by atomic mass is 79.9. The maximum Gasteiger partial charge on any atom is 0.297 e. The number of benzene rings is 2. The molecule has 4 aromatic rings. The van der Waals surface area contributed by atoms with Crippen LogP contribution in [0.2, 0.25) is 0 Å². The van der Waals surface area contributed by atoms with E-state index in [1.807, 2.05) is 0 Å². The van der Waals surface area contributed by atoms with Gasteiger partial charge in [0.05, 0.1) is 21.9 Å². The molecule has 1 atom stereocenters. The Balaban J connectivity index is 1.83. The first-order valence-corrected chi connectivity index (χ1v) is 10.6. The van der Waals surface area contributed by atoms with Gasteiger partial charge in [-0.3, -0.25) is 24.6 Å². The number of fused-ring (bicyclic) bond motifs is 2. The number of aromatic nitrogens is 2. The number of nitro groups is 1. The number of carbonyl (C=O) groups is 1. The van der Waals surface area contributed by atoms with Gasteiger partial charge in [0.15, 0.2) is 5.43 Å². The number of non-ortho nitro benzene ring substituents is 1. The largest absolute Gasteiger partial charge is 0.450 e. The average Bonchev–Trinajstić information content (AvgIpc) is 3.30. The van der Waals surface area contributed by atoms with Gasteiger partial charge in [-0.1, -0.05) is 39.4 Å². The lowest BCUT2D eigenvalue weighted by Gasteiger charge is -2.21. The summed E-state index contributed by atoms with van der Waals surface area (Å²) < 4.78 is 6.53. The summed E-state index contributed by atoms with van der Waals surface area (Å²) in [4.78, 5) is 39.0. The monoisotopic (exact) mass is 498 g/mol. The number of carbonyl (C=O) groups excluding carboxylic acids is 1. The third kappa shape index (κ3) is 3.04. The molecular formula is C20H11BrN4O5S. The highest BCUT2D eigenvalue weighted by Crippen LogP contribution is 2.42. The van der Waals surface area contributed by atoms with E-state index in [-0.39, 0.29) is 33.2 Å². The van der Waals surface area contributed by atoms with Crippen LogP contribution >= 0.6 is 27.3 Å². The summed E-state index contributed by atoms with van der Waals surface area (Å²) in [5.74, 6) is -0.659. The van der Waals surface area contributed by atoms with Crippen LogP contribution in [0.25, 0.3) is 11.0 Å². The van der Waals surface area contributed by atoms with Crippen LogP contribution in [0.3, 0.4) is 0 Å². The molecule has 0 N–H and O–H groups in total. The summed E-state index contributed by atoms with van der Waals surface area (Å²) in [5.41, 5.74) is 0.249. The lowest BCUT2D eigenvalue weighted by molar-refractivity contribution is -0.384. The highest BCUT2D eigenvalue weighted by Gasteiger charge is 2.45. The molecule has 9 nitrogen and oxygen atoms in total. The van der Waals surface area contributed by atoms with E-state index in [1.165, 1.54) is 34.4 Å². The number of nitrogens with zero attached hydrogens (tertiary/aromatic N) is 4. The van der Waals surface area contributed by atoms with E-state index in [2.05, 4.69) is 26.1 Å². The Morgan fingerprint density at radius 2 is 2.00 bits per heavy atom. The molecule has 1 aliphatic heterocycles. The SMILES string of the molecule is Cc1nnc(N2C(=O)c3oc4ccc(Br)cc4c(=O)c3C2c2cccc([N+](=O)[O-])c2)s1. The van der Waals surface area contributed by atoms with Crippen molar-refractivity contribution in [2.75, 3.05) is 4.90 Å². The fraction of sp³-hybridized carbons (Fsp3) is 0.100. The molecule has 3 heterocycles. The van der Waals surface area contributed by atoms with Gasteiger partial charge >= 0.3 is 0 Å². The molecule has 1 aliphatic rings. The van der Waals surface area contributed by atoms with Crippen molar-refractivity contribution in [2.45, 2.75) is 13.0 Å². The van der Waals surface area contributed by atoms with Crippen LogP contribution in [0, 0.1) is 17.0 Å². The molecule has 0 aliphatic carbocycles. The fourth-order valence-corrected chi connectivity index (χ4v) is 4.72. The minimum atomic E-state index is -0.936. The second-order valence-corrected chi connectivity index (χ2v) is 8.92. The lowest BCUT2D eigenvalue weighted by atomic mass is 9.98. The number of halogens is 1. The molecule has 31 heavy (non-hydrogen) atoms. The van der Waals surface area contributed by atoms with Gasteiger partial charge in [-0.15, -0.1) is 10.2 Å². The molecule has 1 amide bonds. The number of anilines is 1. The van der Waals surface area contributed by atoms with Gasteiger partial charge in [-0.25, -0.2) is 0 Å². The summed E-state index contributed by atoms with van der Waals surface area (Å²) in [6, 6.07) is 9.84. The third-order valence-electron chi connectivity index (χ3n) is 4.95. The van der Waals surface area contributed by atoms with Crippen LogP contribution in [0.4, 0.5) is 10.8 Å². The van der Waals surface area contributed by atoms with Gasteiger partial charge in [-0.2, -0.15) is 0 Å². The molecule has 0 bridgehead atoms. The second-order valence-electron chi connectivity index (χ2n) is 6.85. The zero-order chi connectivity index (χ0) is 21.9. The van der Waals surface area contributed by atoms with E-state index in [1.54, 1.807) is 31.2 Å². The van der Waals surface area contributed by atoms with Crippen molar-refractivity contribution in [2.24, 2.45) is 0 Å². The zero-order valence-corrected chi connectivity index (χ0v) is 18.1. The fourth-order valence-electron chi connectivity index (χ4n) is 3.65. The van der Waals surface area contributed by atoms with Crippen LogP contribution in [0.1, 0.15) is 32.7 Å². The van der Waals surface area contributed by atoms with Gasteiger partial charge in [0.25, 0.3) is 11.6 Å². The molecule has 0 radical (unpaired) electrons. The Morgan fingerprint density at radius 1 is 1.19 bits per heavy atom. The van der Waals surface area contributed by atoms with Gasteiger partial charge < -0.3 is 4.42 Å². The predicted octanol–water partition coefficient (Wildman–Crippen LogP) is 4.37. The number of rotatable bonds is 3. The normalized spacial score (nSPS) is 15.5. The van der Waals surface area contributed by atoms with E-state index < -0.39 is 16.9 Å². The number of hydrogen-bond acceptors (Lipinski definition) is 8. The Hall–Kier alpha value is -3.44. The highest BCUT2D eigenvalue weighted by molar-refractivity contribution is 9.10. The number of aryl methyl sites for hydroxylation is 1. The van der Waals surface area contributed by atoms with Crippen molar-refractivity contribution < 1.29 is 14.1 Å². The molecular weight excluding hydrogens is 488 g/mol. The van der Waals surface area contributed by atoms with E-state index in [0.717, 1.165) is 0 Å². The Labute approximate surface area is 186 Å². The number of hydrogen-bond donors (Lipinski definition) is 0. The predicted molar refractivity (Wildman–Crippen MR) is 117 cm³/mol. The van der Waals surface area contributed by atoms with Crippen molar-refractivity contribution in [3.05, 3.63) is 89.2 Å². The average molecular weight is 499 g/mol. The topological polar surface area (TPSA) is 119 Å². The molecule has 1 unspecified atom stereocenters. The molecule has 5 rings (SSSR count). The maximum absolute atomic E-state index is 13.5. The first-order chi connectivity index (χ1) is 14.8. The maximum atomic E-state index is 13.5. The van der Waals surface area contributed by atoms with Gasteiger partial charge in [0.1, 0.15) is 10.6 Å². The van der Waals surface area contributed by atoms with Gasteiger partial charge in [-0.05, 0) is 30.7 Å². The van der Waals surface area contributed by atoms with Crippen molar-refractivity contribution in [1.82, 2.24) is 10.2 Å². The van der Waals surface area contributed by atoms with Crippen LogP contribution < -0.4 is 10.3 Å². The zero-order valence-electron chi connectivity index (χ0n) is 15.7. The summed E-state index contributed by atoms with van der Waals surface area (Å²) in [6.45, 7) is 1.74. The minimum absolute atomic E-state index is 0.107. The van der Waals surface area contributed by atoms with Crippen molar-refractivity contribution in [1.29, 1.82) is 0 Å². The molecule has 0 saturated carbocycles. The van der Waals surface area contributed by atoms with Gasteiger partial charge in [0.2, 0.25) is 10.9 Å². The standard InChI is InChI=1S/C20H11BrN4O5S/c1-9-22-23-20(31-9)24-16(10-3-2-4-12(7-10)25(28)29)15-17(26)13-8-11(21)5-6-14(13)30-18(15)19(24)27/h2-8,16H,1H3. The molecule has 2 aromatic carbocycles. The van der Waals surface area contributed by atoms with E-state index in [0.29, 0.717) is 20.4 Å². The van der Waals surface area contributed by atoms with Gasteiger partial charge in [0, 0.05) is 16.6 Å². The summed E-state index contributed by atoms with van der Waals surface area (Å²) in [7, 11) is 0. The first-order valence-electron chi connectivity index (χ1n) is 8.99. The molecule has 0 fully saturated rings. The molecule has 0 spiro atoms. The Kier molecular flexibility index (Phi) is 4.45. The lowest BCUT2D eigenvalue weighted by Crippen LogP contribution is -2.29. The molecule has 11 heteroatoms. The van der Waals surface area contributed by atoms with Crippen molar-refractivity contribution >= 4 is 55.0 Å². The number of nitro benzene ring substituents is 1. The minimum Gasteiger partial charge on any atom is -0.450 e. The molecule has 2 aromatic heterocycles. The Morgan fingerprint density at radius 3 is 2.71 bits per heavy atom. The second kappa shape index (κ2) is 7.06. The van der Waals surface area contributed by atoms with Crippen molar-refractivity contribution in [3.63, 3.8) is 0 Å². The first kappa shape index (κ1) is 19.5. The molecule has 154 valence electrons. The van der Waals surface area contributed by atoms with E-state index in [9.17, 15) is 19.7 Å². The Bertz CT molecular complexity index is 1460. The van der Waals surface area contributed by atoms with Crippen LogP contribution in [-0.2, 0) is 0 Å². The smallest absolute Gasteiger partial charge is 0.297 e. The summed E-state index contributed by atoms with van der Waals surface area (Å²) in [5, 5.41) is 20.6. The number of amides is 1. The molecule has 0 saturated heterocycles. The third-order valence-corrected chi connectivity index (χ3v) is 6.28. The quantitative estimate of drug-likeness (QED) is 0.303. The van der Waals surface area contributed by atoms with Crippen molar-refractivity contribution in [3.8, 4) is 0 Å². The summed E-state index contributed by atoms with van der Waals surface area (Å²) in [6.07, 6.45) is 0. The van der Waals surface area contributed by atoms with E-state index >= 15 is 0 Å².